The van der Waals surface area contributed by atoms with Crippen molar-refractivity contribution < 1.29 is 0 Å². The van der Waals surface area contributed by atoms with Gasteiger partial charge >= 0.3 is 0 Å². The smallest absolute Gasteiger partial charge is 0.0409 e. The molecule has 2 aromatic heterocycles. The molecule has 2 nitrogen and oxygen atoms in total. The van der Waals surface area contributed by atoms with E-state index in [0.29, 0.717) is 5.92 Å². The van der Waals surface area contributed by atoms with Gasteiger partial charge in [-0.25, -0.2) is 0 Å². The molecule has 1 unspecified atom stereocenters. The highest BCUT2D eigenvalue weighted by molar-refractivity contribution is 5.13. The average molecular weight is 254 g/mol. The van der Waals surface area contributed by atoms with Gasteiger partial charge in [0.1, 0.15) is 0 Å². The number of hydrogen-bond donors (Lipinski definition) is 0. The molecule has 100 valence electrons. The Balaban J connectivity index is 1.95. The van der Waals surface area contributed by atoms with Gasteiger partial charge in [0, 0.05) is 23.8 Å². The van der Waals surface area contributed by atoms with E-state index >= 15 is 0 Å². The normalized spacial score (nSPS) is 12.3. The number of pyridine rings is 2. The SMILES string of the molecule is CCCc1cccc(CC(C)Cc2cccnc2)n1. The summed E-state index contributed by atoms with van der Waals surface area (Å²) < 4.78 is 0. The number of hydrogen-bond acceptors (Lipinski definition) is 2. The van der Waals surface area contributed by atoms with Crippen molar-refractivity contribution in [2.24, 2.45) is 5.92 Å². The van der Waals surface area contributed by atoms with Crippen LogP contribution in [0.4, 0.5) is 0 Å². The van der Waals surface area contributed by atoms with E-state index in [1.54, 1.807) is 0 Å². The summed E-state index contributed by atoms with van der Waals surface area (Å²) in [6.45, 7) is 4.47. The Labute approximate surface area is 115 Å². The van der Waals surface area contributed by atoms with Crippen molar-refractivity contribution >= 4 is 0 Å². The van der Waals surface area contributed by atoms with Crippen LogP contribution in [0.5, 0.6) is 0 Å². The van der Waals surface area contributed by atoms with Crippen molar-refractivity contribution in [3.05, 3.63) is 59.7 Å². The molecule has 2 rings (SSSR count). The van der Waals surface area contributed by atoms with Gasteiger partial charge < -0.3 is 0 Å². The maximum absolute atomic E-state index is 4.73. The molecule has 0 fully saturated rings. The first kappa shape index (κ1) is 13.7. The zero-order valence-corrected chi connectivity index (χ0v) is 11.8. The second kappa shape index (κ2) is 7.03. The molecule has 1 atom stereocenters. The van der Waals surface area contributed by atoms with Crippen molar-refractivity contribution in [3.63, 3.8) is 0 Å². The average Bonchev–Trinajstić information content (AvgIpc) is 2.40. The Morgan fingerprint density at radius 2 is 1.89 bits per heavy atom. The van der Waals surface area contributed by atoms with Gasteiger partial charge in [-0.05, 0) is 48.9 Å². The van der Waals surface area contributed by atoms with Crippen LogP contribution in [-0.2, 0) is 19.3 Å². The van der Waals surface area contributed by atoms with E-state index in [9.17, 15) is 0 Å². The fourth-order valence-electron chi connectivity index (χ4n) is 2.39. The van der Waals surface area contributed by atoms with Gasteiger partial charge in [0.15, 0.2) is 0 Å². The van der Waals surface area contributed by atoms with Crippen molar-refractivity contribution in [3.8, 4) is 0 Å². The largest absolute Gasteiger partial charge is 0.264 e. The van der Waals surface area contributed by atoms with Gasteiger partial charge in [0.25, 0.3) is 0 Å². The van der Waals surface area contributed by atoms with E-state index in [2.05, 4.69) is 43.1 Å². The Morgan fingerprint density at radius 1 is 1.05 bits per heavy atom. The molecule has 2 heterocycles. The van der Waals surface area contributed by atoms with Crippen LogP contribution < -0.4 is 0 Å². The van der Waals surface area contributed by atoms with Gasteiger partial charge in [0.2, 0.25) is 0 Å². The van der Waals surface area contributed by atoms with Crippen LogP contribution in [-0.4, -0.2) is 9.97 Å². The second-order valence-corrected chi connectivity index (χ2v) is 5.24. The van der Waals surface area contributed by atoms with Crippen molar-refractivity contribution in [2.75, 3.05) is 0 Å². The van der Waals surface area contributed by atoms with Crippen molar-refractivity contribution in [1.29, 1.82) is 0 Å². The van der Waals surface area contributed by atoms with Gasteiger partial charge in [0.05, 0.1) is 0 Å². The van der Waals surface area contributed by atoms with Gasteiger partial charge in [-0.15, -0.1) is 0 Å². The first-order valence-electron chi connectivity index (χ1n) is 7.11. The Bertz CT molecular complexity index is 494. The summed E-state index contributed by atoms with van der Waals surface area (Å²) in [4.78, 5) is 8.90. The van der Waals surface area contributed by atoms with Crippen molar-refractivity contribution in [1.82, 2.24) is 9.97 Å². The van der Waals surface area contributed by atoms with Crippen LogP contribution >= 0.6 is 0 Å². The molecule has 0 spiro atoms. The predicted octanol–water partition coefficient (Wildman–Crippen LogP) is 3.85. The minimum atomic E-state index is 0.591. The molecule has 2 aromatic rings. The third-order valence-corrected chi connectivity index (χ3v) is 3.24. The Morgan fingerprint density at radius 3 is 2.63 bits per heavy atom. The van der Waals surface area contributed by atoms with Crippen LogP contribution in [0, 0.1) is 5.92 Å². The number of nitrogens with zero attached hydrogens (tertiary/aromatic N) is 2. The molecular formula is C17H22N2. The van der Waals surface area contributed by atoms with Gasteiger partial charge in [-0.1, -0.05) is 32.4 Å². The molecule has 0 aliphatic heterocycles. The quantitative estimate of drug-likeness (QED) is 0.782. The third kappa shape index (κ3) is 4.47. The number of aromatic nitrogens is 2. The molecule has 0 saturated carbocycles. The van der Waals surface area contributed by atoms with E-state index in [1.807, 2.05) is 18.5 Å². The van der Waals surface area contributed by atoms with Crippen LogP contribution in [0.2, 0.25) is 0 Å². The summed E-state index contributed by atoms with van der Waals surface area (Å²) in [6.07, 6.45) is 8.11. The maximum Gasteiger partial charge on any atom is 0.0409 e. The maximum atomic E-state index is 4.73. The van der Waals surface area contributed by atoms with Gasteiger partial charge in [-0.2, -0.15) is 0 Å². The molecule has 0 saturated heterocycles. The van der Waals surface area contributed by atoms with E-state index in [-0.39, 0.29) is 0 Å². The molecule has 2 heteroatoms. The Hall–Kier alpha value is -1.70. The first-order chi connectivity index (χ1) is 9.28. The lowest BCUT2D eigenvalue weighted by Crippen LogP contribution is -2.06. The Kier molecular flexibility index (Phi) is 5.08. The number of aryl methyl sites for hydroxylation is 1. The fraction of sp³-hybridized carbons (Fsp3) is 0.412. The van der Waals surface area contributed by atoms with E-state index < -0.39 is 0 Å². The molecule has 0 aliphatic carbocycles. The van der Waals surface area contributed by atoms with E-state index in [1.165, 1.54) is 17.0 Å². The lowest BCUT2D eigenvalue weighted by Gasteiger charge is -2.11. The molecule has 0 N–H and O–H groups in total. The second-order valence-electron chi connectivity index (χ2n) is 5.24. The topological polar surface area (TPSA) is 25.8 Å². The number of rotatable bonds is 6. The molecule has 0 radical (unpaired) electrons. The summed E-state index contributed by atoms with van der Waals surface area (Å²) in [5.74, 6) is 0.591. The fourth-order valence-corrected chi connectivity index (χ4v) is 2.39. The summed E-state index contributed by atoms with van der Waals surface area (Å²) >= 11 is 0. The monoisotopic (exact) mass is 254 g/mol. The summed E-state index contributed by atoms with van der Waals surface area (Å²) in [5, 5.41) is 0. The minimum Gasteiger partial charge on any atom is -0.264 e. The van der Waals surface area contributed by atoms with Crippen molar-refractivity contribution in [2.45, 2.75) is 39.5 Å². The van der Waals surface area contributed by atoms with Crippen LogP contribution in [0.25, 0.3) is 0 Å². The summed E-state index contributed by atoms with van der Waals surface area (Å²) in [6, 6.07) is 10.5. The summed E-state index contributed by atoms with van der Waals surface area (Å²) in [5.41, 5.74) is 3.73. The molecule has 0 aromatic carbocycles. The highest BCUT2D eigenvalue weighted by atomic mass is 14.7. The predicted molar refractivity (Wildman–Crippen MR) is 79.0 cm³/mol. The standard InChI is InChI=1S/C17H22N2/c1-3-6-16-8-4-9-17(19-16)12-14(2)11-15-7-5-10-18-13-15/h4-5,7-10,13-14H,3,6,11-12H2,1-2H3. The third-order valence-electron chi connectivity index (χ3n) is 3.24. The first-order valence-corrected chi connectivity index (χ1v) is 7.11. The molecule has 0 bridgehead atoms. The highest BCUT2D eigenvalue weighted by Gasteiger charge is 2.07. The van der Waals surface area contributed by atoms with Gasteiger partial charge in [-0.3, -0.25) is 9.97 Å². The lowest BCUT2D eigenvalue weighted by atomic mass is 9.97. The summed E-state index contributed by atoms with van der Waals surface area (Å²) in [7, 11) is 0. The van der Waals surface area contributed by atoms with Crippen LogP contribution in [0.15, 0.2) is 42.7 Å². The zero-order valence-electron chi connectivity index (χ0n) is 11.8. The molecule has 19 heavy (non-hydrogen) atoms. The lowest BCUT2D eigenvalue weighted by molar-refractivity contribution is 0.566. The minimum absolute atomic E-state index is 0.591. The molecule has 0 amide bonds. The van der Waals surface area contributed by atoms with Crippen LogP contribution in [0.1, 0.15) is 37.2 Å². The molecule has 0 aliphatic rings. The zero-order chi connectivity index (χ0) is 13.5. The van der Waals surface area contributed by atoms with Crippen LogP contribution in [0.3, 0.4) is 0 Å². The molecular weight excluding hydrogens is 232 g/mol. The van der Waals surface area contributed by atoms with E-state index in [0.717, 1.165) is 25.7 Å². The highest BCUT2D eigenvalue weighted by Crippen LogP contribution is 2.13. The van der Waals surface area contributed by atoms with E-state index in [4.69, 9.17) is 4.98 Å².